The smallest absolute Gasteiger partial charge is 0.368 e. The van der Waals surface area contributed by atoms with Gasteiger partial charge < -0.3 is 4.74 Å². The molecule has 0 atom stereocenters. The first-order valence-corrected chi connectivity index (χ1v) is 9.34. The van der Waals surface area contributed by atoms with Crippen LogP contribution in [0.5, 0.6) is 5.88 Å². The molecule has 0 aliphatic rings. The van der Waals surface area contributed by atoms with Crippen LogP contribution in [0.4, 0.5) is 0 Å². The van der Waals surface area contributed by atoms with Gasteiger partial charge in [0.2, 0.25) is 5.88 Å². The molecule has 0 N–H and O–H groups in total. The summed E-state index contributed by atoms with van der Waals surface area (Å²) in [6.07, 6.45) is 1.84. The van der Waals surface area contributed by atoms with Crippen molar-refractivity contribution in [3.8, 4) is 17.3 Å². The predicted molar refractivity (Wildman–Crippen MR) is 107 cm³/mol. The van der Waals surface area contributed by atoms with Crippen LogP contribution >= 0.6 is 15.9 Å². The van der Waals surface area contributed by atoms with Crippen LogP contribution in [0.1, 0.15) is 11.1 Å². The summed E-state index contributed by atoms with van der Waals surface area (Å²) in [5.41, 5.74) is 3.18. The van der Waals surface area contributed by atoms with Crippen LogP contribution in [0.25, 0.3) is 11.4 Å². The zero-order valence-electron chi connectivity index (χ0n) is 15.3. The minimum atomic E-state index is -0.331. The summed E-state index contributed by atoms with van der Waals surface area (Å²) < 4.78 is 10.9. The van der Waals surface area contributed by atoms with Crippen LogP contribution in [0.3, 0.4) is 0 Å². The molecule has 0 unspecified atom stereocenters. The van der Waals surface area contributed by atoms with Gasteiger partial charge >= 0.3 is 5.69 Å². The Morgan fingerprint density at radius 2 is 1.86 bits per heavy atom. The fourth-order valence-electron chi connectivity index (χ4n) is 2.73. The van der Waals surface area contributed by atoms with Crippen LogP contribution in [0.2, 0.25) is 0 Å². The van der Waals surface area contributed by atoms with Gasteiger partial charge in [0, 0.05) is 29.3 Å². The lowest BCUT2D eigenvalue weighted by molar-refractivity contribution is 0.290. The zero-order chi connectivity index (χ0) is 19.7. The number of aryl methyl sites for hydroxylation is 2. The summed E-state index contributed by atoms with van der Waals surface area (Å²) in [5, 5.41) is 12.1. The second kappa shape index (κ2) is 7.43. The van der Waals surface area contributed by atoms with Gasteiger partial charge in [-0.1, -0.05) is 39.7 Å². The summed E-state index contributed by atoms with van der Waals surface area (Å²) in [5.74, 6) is 0.480. The molecule has 0 aliphatic carbocycles. The molecular formula is C19H17BrN6O2. The molecule has 4 aromatic rings. The Morgan fingerprint density at radius 1 is 1.07 bits per heavy atom. The van der Waals surface area contributed by atoms with Crippen molar-refractivity contribution in [2.75, 3.05) is 0 Å². The number of ether oxygens (including phenoxy) is 1. The molecule has 0 bridgehead atoms. The topological polar surface area (TPSA) is 79.8 Å². The van der Waals surface area contributed by atoms with Gasteiger partial charge in [0.25, 0.3) is 0 Å². The van der Waals surface area contributed by atoms with E-state index in [1.807, 2.05) is 49.5 Å². The molecule has 4 rings (SSSR count). The van der Waals surface area contributed by atoms with Gasteiger partial charge in [0.05, 0.1) is 11.4 Å². The Labute approximate surface area is 169 Å². The van der Waals surface area contributed by atoms with Crippen LogP contribution in [0.15, 0.2) is 64.0 Å². The fraction of sp³-hybridized carbons (Fsp3) is 0.158. The third-order valence-corrected chi connectivity index (χ3v) is 5.01. The Bertz CT molecular complexity index is 1180. The second-order valence-electron chi connectivity index (χ2n) is 6.26. The van der Waals surface area contributed by atoms with Crippen LogP contribution in [-0.2, 0) is 13.7 Å². The van der Waals surface area contributed by atoms with E-state index in [1.165, 1.54) is 14.9 Å². The fourth-order valence-corrected chi connectivity index (χ4v) is 3.20. The highest BCUT2D eigenvalue weighted by Crippen LogP contribution is 2.24. The third kappa shape index (κ3) is 3.48. The molecule has 0 aliphatic heterocycles. The second-order valence-corrected chi connectivity index (χ2v) is 7.11. The lowest BCUT2D eigenvalue weighted by Crippen LogP contribution is -2.23. The average Bonchev–Trinajstić information content (AvgIpc) is 3.29. The van der Waals surface area contributed by atoms with E-state index in [2.05, 4.69) is 31.5 Å². The number of halogens is 1. The number of rotatable bonds is 5. The molecular weight excluding hydrogens is 424 g/mol. The highest BCUT2D eigenvalue weighted by atomic mass is 79.9. The summed E-state index contributed by atoms with van der Waals surface area (Å²) in [4.78, 5) is 12.2. The highest BCUT2D eigenvalue weighted by molar-refractivity contribution is 9.10. The molecule has 9 heteroatoms. The average molecular weight is 441 g/mol. The Balaban J connectivity index is 1.58. The molecule has 2 aromatic carbocycles. The van der Waals surface area contributed by atoms with Crippen molar-refractivity contribution in [2.24, 2.45) is 7.05 Å². The van der Waals surface area contributed by atoms with E-state index in [-0.39, 0.29) is 12.3 Å². The maximum Gasteiger partial charge on any atom is 0.368 e. The summed E-state index contributed by atoms with van der Waals surface area (Å²) in [6, 6.07) is 15.4. The van der Waals surface area contributed by atoms with Crippen molar-refractivity contribution in [1.82, 2.24) is 29.6 Å². The molecule has 28 heavy (non-hydrogen) atoms. The summed E-state index contributed by atoms with van der Waals surface area (Å²) in [7, 11) is 1.55. The van der Waals surface area contributed by atoms with E-state index < -0.39 is 0 Å². The Kier molecular flexibility index (Phi) is 4.82. The van der Waals surface area contributed by atoms with Crippen molar-refractivity contribution in [1.29, 1.82) is 0 Å². The van der Waals surface area contributed by atoms with Gasteiger partial charge in [-0.25, -0.2) is 9.48 Å². The molecule has 0 fully saturated rings. The van der Waals surface area contributed by atoms with Gasteiger partial charge in [-0.15, -0.1) is 5.10 Å². The zero-order valence-corrected chi connectivity index (χ0v) is 16.9. The van der Waals surface area contributed by atoms with Crippen LogP contribution in [-0.4, -0.2) is 29.6 Å². The molecule has 2 aromatic heterocycles. The van der Waals surface area contributed by atoms with Gasteiger partial charge in [-0.2, -0.15) is 9.36 Å². The highest BCUT2D eigenvalue weighted by Gasteiger charge is 2.14. The van der Waals surface area contributed by atoms with Crippen molar-refractivity contribution in [2.45, 2.75) is 13.5 Å². The third-order valence-electron chi connectivity index (χ3n) is 4.27. The number of aromatic nitrogens is 6. The van der Waals surface area contributed by atoms with E-state index in [0.717, 1.165) is 15.7 Å². The van der Waals surface area contributed by atoms with Crippen molar-refractivity contribution < 1.29 is 4.74 Å². The first-order chi connectivity index (χ1) is 13.5. The molecule has 142 valence electrons. The molecule has 0 saturated heterocycles. The molecule has 0 spiro atoms. The quantitative estimate of drug-likeness (QED) is 0.476. The van der Waals surface area contributed by atoms with E-state index >= 15 is 0 Å². The van der Waals surface area contributed by atoms with Crippen LogP contribution in [0, 0.1) is 6.92 Å². The first-order valence-electron chi connectivity index (χ1n) is 8.55. The summed E-state index contributed by atoms with van der Waals surface area (Å²) in [6.45, 7) is 2.25. The van der Waals surface area contributed by atoms with Gasteiger partial charge in [-0.3, -0.25) is 0 Å². The van der Waals surface area contributed by atoms with Crippen molar-refractivity contribution in [3.05, 3.63) is 80.8 Å². The molecule has 8 nitrogen and oxygen atoms in total. The number of benzene rings is 2. The monoisotopic (exact) mass is 440 g/mol. The minimum Gasteiger partial charge on any atom is -0.472 e. The number of nitrogens with zero attached hydrogens (tertiary/aromatic N) is 6. The number of hydrogen-bond acceptors (Lipinski definition) is 5. The largest absolute Gasteiger partial charge is 0.472 e. The molecule has 0 radical (unpaired) electrons. The SMILES string of the molecule is Cc1ccc(-n2ccc(OCc3c(Br)cccc3-n3nnn(C)c3=O)n2)cc1. The minimum absolute atomic E-state index is 0.213. The molecule has 2 heterocycles. The van der Waals surface area contributed by atoms with Crippen molar-refractivity contribution >= 4 is 15.9 Å². The standard InChI is InChI=1S/C19H17BrN6O2/c1-13-6-8-14(9-7-13)25-11-10-18(21-25)28-12-15-16(20)4-3-5-17(15)26-19(27)24(2)22-23-26/h3-11H,12H2,1-2H3. The van der Waals surface area contributed by atoms with E-state index in [4.69, 9.17) is 4.74 Å². The van der Waals surface area contributed by atoms with Gasteiger partial charge in [-0.05, 0) is 41.6 Å². The summed E-state index contributed by atoms with van der Waals surface area (Å²) >= 11 is 3.52. The van der Waals surface area contributed by atoms with Crippen molar-refractivity contribution in [3.63, 3.8) is 0 Å². The maximum absolute atomic E-state index is 12.2. The van der Waals surface area contributed by atoms with Crippen LogP contribution < -0.4 is 10.4 Å². The van der Waals surface area contributed by atoms with Gasteiger partial charge in [0.15, 0.2) is 0 Å². The van der Waals surface area contributed by atoms with Gasteiger partial charge in [0.1, 0.15) is 6.61 Å². The van der Waals surface area contributed by atoms with E-state index in [0.29, 0.717) is 11.6 Å². The lowest BCUT2D eigenvalue weighted by Gasteiger charge is -2.10. The Hall–Kier alpha value is -3.20. The normalized spacial score (nSPS) is 11.0. The van der Waals surface area contributed by atoms with E-state index in [9.17, 15) is 4.79 Å². The first kappa shape index (κ1) is 18.2. The molecule has 0 saturated carbocycles. The van der Waals surface area contributed by atoms with E-state index in [1.54, 1.807) is 23.9 Å². The Morgan fingerprint density at radius 3 is 2.57 bits per heavy atom. The predicted octanol–water partition coefficient (Wildman–Crippen LogP) is 2.80. The molecule has 0 amide bonds. The number of hydrogen-bond donors (Lipinski definition) is 0. The maximum atomic E-state index is 12.2. The number of tetrazole rings is 1. The lowest BCUT2D eigenvalue weighted by atomic mass is 10.2.